The number of para-hydroxylation sites is 2. The van der Waals surface area contributed by atoms with Crippen LogP contribution in [0.3, 0.4) is 0 Å². The third-order valence-electron chi connectivity index (χ3n) is 10.5. The number of benzene rings is 7. The molecule has 5 nitrogen and oxygen atoms in total. The molecule has 0 saturated carbocycles. The van der Waals surface area contributed by atoms with Gasteiger partial charge < -0.3 is 14.2 Å². The van der Waals surface area contributed by atoms with Crippen LogP contribution in [0.15, 0.2) is 164 Å². The SMILES string of the molecule is Cc1ccc2c(c1)Oc1cc(-c3ccc4c5ccccc5n(-c5ccccc5)c4c3)ccc1N2c1ccc(-c2nc(C)nc(-c3ccccc3)c2C)cc1. The normalized spacial score (nSPS) is 12.1. The molecule has 258 valence electrons. The molecule has 0 fully saturated rings. The van der Waals surface area contributed by atoms with E-state index in [-0.39, 0.29) is 0 Å². The molecule has 0 unspecified atom stereocenters. The summed E-state index contributed by atoms with van der Waals surface area (Å²) < 4.78 is 9.08. The molecule has 0 saturated heterocycles. The first-order chi connectivity index (χ1) is 26.5. The highest BCUT2D eigenvalue weighted by Crippen LogP contribution is 2.52. The zero-order valence-electron chi connectivity index (χ0n) is 30.3. The summed E-state index contributed by atoms with van der Waals surface area (Å²) in [6.07, 6.45) is 0. The molecule has 1 aliphatic rings. The van der Waals surface area contributed by atoms with E-state index in [0.717, 1.165) is 84.8 Å². The van der Waals surface area contributed by atoms with Crippen LogP contribution in [0.5, 0.6) is 11.5 Å². The predicted molar refractivity (Wildman–Crippen MR) is 222 cm³/mol. The number of hydrogen-bond acceptors (Lipinski definition) is 4. The van der Waals surface area contributed by atoms with E-state index in [9.17, 15) is 0 Å². The van der Waals surface area contributed by atoms with Crippen molar-refractivity contribution < 1.29 is 4.74 Å². The first-order valence-electron chi connectivity index (χ1n) is 18.3. The molecular weight excluding hydrogens is 661 g/mol. The minimum Gasteiger partial charge on any atom is -0.453 e. The van der Waals surface area contributed by atoms with Crippen molar-refractivity contribution in [2.24, 2.45) is 0 Å². The molecule has 0 radical (unpaired) electrons. The van der Waals surface area contributed by atoms with Crippen LogP contribution >= 0.6 is 0 Å². The van der Waals surface area contributed by atoms with E-state index in [1.165, 1.54) is 21.8 Å². The molecule has 0 N–H and O–H groups in total. The zero-order chi connectivity index (χ0) is 36.3. The third kappa shape index (κ3) is 5.24. The van der Waals surface area contributed by atoms with Crippen LogP contribution in [0.25, 0.3) is 61.1 Å². The molecule has 0 bridgehead atoms. The molecule has 54 heavy (non-hydrogen) atoms. The van der Waals surface area contributed by atoms with E-state index in [1.807, 2.05) is 25.1 Å². The third-order valence-corrected chi connectivity index (χ3v) is 10.5. The number of anilines is 3. The Labute approximate surface area is 314 Å². The molecule has 0 spiro atoms. The topological polar surface area (TPSA) is 43.2 Å². The molecule has 0 atom stereocenters. The van der Waals surface area contributed by atoms with Crippen LogP contribution in [-0.4, -0.2) is 14.5 Å². The fourth-order valence-electron chi connectivity index (χ4n) is 7.93. The van der Waals surface area contributed by atoms with Gasteiger partial charge in [0.15, 0.2) is 11.5 Å². The molecular formula is C49H36N4O. The van der Waals surface area contributed by atoms with Gasteiger partial charge in [-0.1, -0.05) is 103 Å². The summed E-state index contributed by atoms with van der Waals surface area (Å²) in [6.45, 7) is 6.17. The van der Waals surface area contributed by atoms with Crippen LogP contribution in [0, 0.1) is 20.8 Å². The van der Waals surface area contributed by atoms with Gasteiger partial charge in [0.25, 0.3) is 0 Å². The first-order valence-corrected chi connectivity index (χ1v) is 18.3. The van der Waals surface area contributed by atoms with Crippen molar-refractivity contribution in [2.45, 2.75) is 20.8 Å². The summed E-state index contributed by atoms with van der Waals surface area (Å²) in [5, 5.41) is 2.47. The van der Waals surface area contributed by atoms with Gasteiger partial charge in [-0.15, -0.1) is 0 Å². The van der Waals surface area contributed by atoms with E-state index in [1.54, 1.807) is 0 Å². The Kier molecular flexibility index (Phi) is 7.41. The molecule has 0 aliphatic carbocycles. The van der Waals surface area contributed by atoms with E-state index < -0.39 is 0 Å². The van der Waals surface area contributed by atoms with Crippen molar-refractivity contribution in [3.63, 3.8) is 0 Å². The van der Waals surface area contributed by atoms with E-state index >= 15 is 0 Å². The van der Waals surface area contributed by atoms with Crippen LogP contribution in [0.4, 0.5) is 17.1 Å². The lowest BCUT2D eigenvalue weighted by atomic mass is 10.00. The summed E-state index contributed by atoms with van der Waals surface area (Å²) in [4.78, 5) is 12.0. The Balaban J connectivity index is 1.06. The Bertz CT molecular complexity index is 2880. The first kappa shape index (κ1) is 31.7. The summed E-state index contributed by atoms with van der Waals surface area (Å²) in [5.74, 6) is 2.40. The lowest BCUT2D eigenvalue weighted by molar-refractivity contribution is 0.477. The van der Waals surface area contributed by atoms with Crippen LogP contribution < -0.4 is 9.64 Å². The minimum atomic E-state index is 0.751. The molecule has 9 aromatic rings. The number of aryl methyl sites for hydroxylation is 2. The zero-order valence-corrected chi connectivity index (χ0v) is 30.3. The number of hydrogen-bond donors (Lipinski definition) is 0. The van der Waals surface area contributed by atoms with Crippen molar-refractivity contribution in [3.8, 4) is 50.8 Å². The minimum absolute atomic E-state index is 0.751. The molecule has 1 aliphatic heterocycles. The van der Waals surface area contributed by atoms with Gasteiger partial charge in [0.2, 0.25) is 0 Å². The molecule has 7 aromatic carbocycles. The Hall–Kier alpha value is -6.98. The second-order valence-corrected chi connectivity index (χ2v) is 14.0. The molecule has 0 amide bonds. The Morgan fingerprint density at radius 2 is 1.02 bits per heavy atom. The van der Waals surface area contributed by atoms with Gasteiger partial charge in [-0.3, -0.25) is 0 Å². The average molecular weight is 697 g/mol. The van der Waals surface area contributed by atoms with Crippen molar-refractivity contribution in [1.29, 1.82) is 0 Å². The van der Waals surface area contributed by atoms with Crippen molar-refractivity contribution in [3.05, 3.63) is 181 Å². The highest BCUT2D eigenvalue weighted by molar-refractivity contribution is 6.10. The Morgan fingerprint density at radius 3 is 1.78 bits per heavy atom. The van der Waals surface area contributed by atoms with Gasteiger partial charge in [-0.05, 0) is 98.1 Å². The maximum atomic E-state index is 6.71. The summed E-state index contributed by atoms with van der Waals surface area (Å²) >= 11 is 0. The quantitative estimate of drug-likeness (QED) is 0.180. The van der Waals surface area contributed by atoms with Gasteiger partial charge >= 0.3 is 0 Å². The smallest absolute Gasteiger partial charge is 0.152 e. The van der Waals surface area contributed by atoms with Gasteiger partial charge in [0.05, 0.1) is 33.8 Å². The van der Waals surface area contributed by atoms with Gasteiger partial charge in [0, 0.05) is 38.8 Å². The highest BCUT2D eigenvalue weighted by atomic mass is 16.5. The number of rotatable bonds is 5. The molecule has 5 heteroatoms. The van der Waals surface area contributed by atoms with E-state index in [0.29, 0.717) is 0 Å². The van der Waals surface area contributed by atoms with Crippen LogP contribution in [0.2, 0.25) is 0 Å². The van der Waals surface area contributed by atoms with E-state index in [4.69, 9.17) is 14.7 Å². The van der Waals surface area contributed by atoms with Gasteiger partial charge in [-0.2, -0.15) is 0 Å². The van der Waals surface area contributed by atoms with Crippen LogP contribution in [-0.2, 0) is 0 Å². The largest absolute Gasteiger partial charge is 0.453 e. The number of aromatic nitrogens is 3. The monoisotopic (exact) mass is 696 g/mol. The van der Waals surface area contributed by atoms with Crippen LogP contribution in [0.1, 0.15) is 17.0 Å². The fraction of sp³-hybridized carbons (Fsp3) is 0.0612. The van der Waals surface area contributed by atoms with Gasteiger partial charge in [0.1, 0.15) is 5.82 Å². The lowest BCUT2D eigenvalue weighted by Crippen LogP contribution is -2.16. The summed E-state index contributed by atoms with van der Waals surface area (Å²) in [6, 6.07) is 58.0. The number of ether oxygens (including phenoxy) is 1. The summed E-state index contributed by atoms with van der Waals surface area (Å²) in [5.41, 5.74) is 15.0. The number of fused-ring (bicyclic) bond motifs is 5. The molecule has 3 heterocycles. The lowest BCUT2D eigenvalue weighted by Gasteiger charge is -2.33. The highest BCUT2D eigenvalue weighted by Gasteiger charge is 2.27. The van der Waals surface area contributed by atoms with Crippen molar-refractivity contribution in [2.75, 3.05) is 4.90 Å². The standard InChI is InChI=1S/C49H36N4O/c1-31-18-26-43-46(28-31)54-47-30-37(36-21-25-41-40-16-10-11-17-42(40)52(45(41)29-36)38-14-8-5-9-15-38)22-27-44(47)53(43)39-23-19-35(20-24-39)49-32(2)48(50-33(3)51-49)34-12-6-4-7-13-34/h4-30H,1-3H3. The predicted octanol–water partition coefficient (Wildman–Crippen LogP) is 13.1. The average Bonchev–Trinajstić information content (AvgIpc) is 3.55. The Morgan fingerprint density at radius 1 is 0.444 bits per heavy atom. The second kappa shape index (κ2) is 12.6. The van der Waals surface area contributed by atoms with Gasteiger partial charge in [-0.25, -0.2) is 9.97 Å². The molecule has 10 rings (SSSR count). The fourth-order valence-corrected chi connectivity index (χ4v) is 7.93. The second-order valence-electron chi connectivity index (χ2n) is 14.0. The molecule has 2 aromatic heterocycles. The maximum absolute atomic E-state index is 6.71. The van der Waals surface area contributed by atoms with Crippen molar-refractivity contribution >= 4 is 38.9 Å². The number of nitrogens with zero attached hydrogens (tertiary/aromatic N) is 4. The van der Waals surface area contributed by atoms with Crippen molar-refractivity contribution in [1.82, 2.24) is 14.5 Å². The van der Waals surface area contributed by atoms with E-state index in [2.05, 4.69) is 169 Å². The summed E-state index contributed by atoms with van der Waals surface area (Å²) in [7, 11) is 0. The maximum Gasteiger partial charge on any atom is 0.152 e.